The molecule has 1 aliphatic rings. The van der Waals surface area contributed by atoms with E-state index in [1.165, 1.54) is 11.3 Å². The summed E-state index contributed by atoms with van der Waals surface area (Å²) in [5.41, 5.74) is 2.06. The summed E-state index contributed by atoms with van der Waals surface area (Å²) >= 11 is 0. The molecular formula is C17H28N2O2. The molecule has 1 amide bonds. The van der Waals surface area contributed by atoms with Crippen molar-refractivity contribution in [1.29, 1.82) is 0 Å². The lowest BCUT2D eigenvalue weighted by molar-refractivity contribution is 0.0240. The zero-order valence-corrected chi connectivity index (χ0v) is 12.8. The smallest absolute Gasteiger partial charge is 0.410 e. The molecule has 1 aromatic carbocycles. The van der Waals surface area contributed by atoms with Crippen LogP contribution in [0.5, 0.6) is 0 Å². The predicted molar refractivity (Wildman–Crippen MR) is 87.9 cm³/mol. The molecule has 1 fully saturated rings. The van der Waals surface area contributed by atoms with Crippen molar-refractivity contribution in [2.75, 3.05) is 31.1 Å². The van der Waals surface area contributed by atoms with Crippen LogP contribution in [0.15, 0.2) is 24.3 Å². The molecule has 0 N–H and O–H groups in total. The number of benzene rings is 1. The minimum absolute atomic E-state index is 0. The Morgan fingerprint density at radius 3 is 2.05 bits per heavy atom. The first kappa shape index (κ1) is 17.3. The van der Waals surface area contributed by atoms with Crippen molar-refractivity contribution in [3.8, 4) is 0 Å². The van der Waals surface area contributed by atoms with Gasteiger partial charge in [0.2, 0.25) is 0 Å². The first-order valence-corrected chi connectivity index (χ1v) is 7.15. The van der Waals surface area contributed by atoms with E-state index < -0.39 is 5.60 Å². The molecule has 0 aliphatic carbocycles. The first-order chi connectivity index (χ1) is 9.35. The van der Waals surface area contributed by atoms with Crippen molar-refractivity contribution in [2.24, 2.45) is 0 Å². The van der Waals surface area contributed by atoms with Gasteiger partial charge in [-0.2, -0.15) is 0 Å². The van der Waals surface area contributed by atoms with Gasteiger partial charge in [-0.15, -0.1) is 0 Å². The lowest BCUT2D eigenvalue weighted by Gasteiger charge is -2.36. The summed E-state index contributed by atoms with van der Waals surface area (Å²) in [5, 5.41) is 0. The van der Waals surface area contributed by atoms with Crippen LogP contribution in [-0.4, -0.2) is 42.8 Å². The fourth-order valence-corrected chi connectivity index (χ4v) is 2.23. The highest BCUT2D eigenvalue weighted by Crippen LogP contribution is 2.18. The minimum Gasteiger partial charge on any atom is -0.444 e. The molecule has 4 nitrogen and oxygen atoms in total. The Morgan fingerprint density at radius 1 is 1.05 bits per heavy atom. The van der Waals surface area contributed by atoms with E-state index in [1.54, 1.807) is 4.90 Å². The fourth-order valence-electron chi connectivity index (χ4n) is 2.23. The second-order valence-electron chi connectivity index (χ2n) is 6.29. The number of piperazine rings is 1. The minimum atomic E-state index is -0.425. The van der Waals surface area contributed by atoms with Gasteiger partial charge >= 0.3 is 6.09 Å². The molecule has 0 bridgehead atoms. The molecule has 2 rings (SSSR count). The van der Waals surface area contributed by atoms with E-state index in [-0.39, 0.29) is 13.5 Å². The van der Waals surface area contributed by atoms with Crippen molar-refractivity contribution in [3.05, 3.63) is 29.8 Å². The molecule has 118 valence electrons. The molecule has 4 heteroatoms. The normalized spacial score (nSPS) is 15.4. The number of ether oxygens (including phenoxy) is 1. The highest BCUT2D eigenvalue weighted by Gasteiger charge is 2.25. The Labute approximate surface area is 128 Å². The summed E-state index contributed by atoms with van der Waals surface area (Å²) in [7, 11) is 0. The van der Waals surface area contributed by atoms with E-state index in [1.807, 2.05) is 20.8 Å². The van der Waals surface area contributed by atoms with Crippen molar-refractivity contribution >= 4 is 11.8 Å². The van der Waals surface area contributed by atoms with E-state index >= 15 is 0 Å². The highest BCUT2D eigenvalue weighted by molar-refractivity contribution is 5.68. The van der Waals surface area contributed by atoms with Gasteiger partial charge in [0.1, 0.15) is 5.60 Å². The summed E-state index contributed by atoms with van der Waals surface area (Å²) in [4.78, 5) is 16.1. The quantitative estimate of drug-likeness (QED) is 0.791. The summed E-state index contributed by atoms with van der Waals surface area (Å²) in [6.45, 7) is 10.9. The molecule has 1 aliphatic heterocycles. The van der Waals surface area contributed by atoms with Crippen LogP contribution in [0.3, 0.4) is 0 Å². The third-order valence-corrected chi connectivity index (χ3v) is 3.33. The van der Waals surface area contributed by atoms with Gasteiger partial charge in [0.05, 0.1) is 0 Å². The second-order valence-corrected chi connectivity index (χ2v) is 6.29. The summed E-state index contributed by atoms with van der Waals surface area (Å²) < 4.78 is 5.40. The Hall–Kier alpha value is -1.71. The average molecular weight is 292 g/mol. The maximum Gasteiger partial charge on any atom is 0.410 e. The number of anilines is 1. The van der Waals surface area contributed by atoms with Gasteiger partial charge < -0.3 is 14.5 Å². The van der Waals surface area contributed by atoms with E-state index in [0.717, 1.165) is 13.1 Å². The van der Waals surface area contributed by atoms with Gasteiger partial charge in [-0.1, -0.05) is 25.1 Å². The highest BCUT2D eigenvalue weighted by atomic mass is 16.6. The zero-order chi connectivity index (χ0) is 14.8. The zero-order valence-electron chi connectivity index (χ0n) is 12.8. The van der Waals surface area contributed by atoms with Crippen molar-refractivity contribution in [1.82, 2.24) is 4.90 Å². The Bertz CT molecular complexity index is 455. The molecule has 0 radical (unpaired) electrons. The van der Waals surface area contributed by atoms with Gasteiger partial charge in [-0.25, -0.2) is 4.79 Å². The number of hydrogen-bond acceptors (Lipinski definition) is 3. The molecule has 1 saturated heterocycles. The van der Waals surface area contributed by atoms with Crippen LogP contribution < -0.4 is 4.90 Å². The van der Waals surface area contributed by atoms with E-state index in [4.69, 9.17) is 4.74 Å². The maximum absolute atomic E-state index is 12.0. The fraction of sp³-hybridized carbons (Fsp3) is 0.588. The summed E-state index contributed by atoms with van der Waals surface area (Å²) in [6.07, 6.45) is -0.207. The van der Waals surface area contributed by atoms with Gasteiger partial charge in [0.15, 0.2) is 0 Å². The van der Waals surface area contributed by atoms with E-state index in [9.17, 15) is 4.79 Å². The predicted octanol–water partition coefficient (Wildman–Crippen LogP) is 3.69. The number of carbonyl (C=O) groups excluding carboxylic acids is 1. The van der Waals surface area contributed by atoms with Crippen LogP contribution in [0.4, 0.5) is 10.5 Å². The molecule has 0 spiro atoms. The Morgan fingerprint density at radius 2 is 1.57 bits per heavy atom. The van der Waals surface area contributed by atoms with Gasteiger partial charge in [-0.3, -0.25) is 0 Å². The lowest BCUT2D eigenvalue weighted by atomic mass is 10.2. The van der Waals surface area contributed by atoms with Crippen LogP contribution in [-0.2, 0) is 4.74 Å². The first-order valence-electron chi connectivity index (χ1n) is 7.15. The number of aryl methyl sites for hydroxylation is 1. The number of hydrogen-bond donors (Lipinski definition) is 0. The molecule has 1 aromatic rings. The van der Waals surface area contributed by atoms with E-state index in [2.05, 4.69) is 36.1 Å². The second kappa shape index (κ2) is 6.83. The van der Waals surface area contributed by atoms with Crippen LogP contribution in [0.25, 0.3) is 0 Å². The molecule has 0 atom stereocenters. The van der Waals surface area contributed by atoms with Crippen molar-refractivity contribution in [3.63, 3.8) is 0 Å². The third-order valence-electron chi connectivity index (χ3n) is 3.33. The van der Waals surface area contributed by atoms with Crippen molar-refractivity contribution in [2.45, 2.75) is 40.7 Å². The van der Waals surface area contributed by atoms with Crippen LogP contribution >= 0.6 is 0 Å². The third kappa shape index (κ3) is 4.96. The van der Waals surface area contributed by atoms with Crippen molar-refractivity contribution < 1.29 is 9.53 Å². The topological polar surface area (TPSA) is 32.8 Å². The Kier molecular flexibility index (Phi) is 5.64. The Balaban J connectivity index is 0.00000220. The van der Waals surface area contributed by atoms with Gasteiger partial charge in [0.25, 0.3) is 0 Å². The maximum atomic E-state index is 12.0. The lowest BCUT2D eigenvalue weighted by Crippen LogP contribution is -2.50. The van der Waals surface area contributed by atoms with Crippen LogP contribution in [0.1, 0.15) is 33.8 Å². The van der Waals surface area contributed by atoms with Gasteiger partial charge in [-0.05, 0) is 39.8 Å². The van der Waals surface area contributed by atoms with Gasteiger partial charge in [0, 0.05) is 31.9 Å². The monoisotopic (exact) mass is 292 g/mol. The number of carbonyl (C=O) groups is 1. The molecule has 1 heterocycles. The van der Waals surface area contributed by atoms with Crippen LogP contribution in [0.2, 0.25) is 0 Å². The SMILES string of the molecule is C.Cc1ccc(N2CCN(C(=O)OC(C)(C)C)CC2)cc1. The number of amides is 1. The molecular weight excluding hydrogens is 264 g/mol. The van der Waals surface area contributed by atoms with Crippen LogP contribution in [0, 0.1) is 6.92 Å². The van der Waals surface area contributed by atoms with E-state index in [0.29, 0.717) is 13.1 Å². The number of nitrogens with zero attached hydrogens (tertiary/aromatic N) is 2. The molecule has 0 saturated carbocycles. The standard InChI is InChI=1S/C16H24N2O2.CH4/c1-13-5-7-14(8-6-13)17-9-11-18(12-10-17)15(19)20-16(2,3)4;/h5-8H,9-12H2,1-4H3;1H4. The number of rotatable bonds is 1. The molecule has 0 aromatic heterocycles. The average Bonchev–Trinajstić information content (AvgIpc) is 2.38. The summed E-state index contributed by atoms with van der Waals surface area (Å²) in [5.74, 6) is 0. The largest absolute Gasteiger partial charge is 0.444 e. The molecule has 0 unspecified atom stereocenters. The molecule has 21 heavy (non-hydrogen) atoms. The summed E-state index contributed by atoms with van der Waals surface area (Å²) in [6, 6.07) is 8.52.